The van der Waals surface area contributed by atoms with Crippen molar-refractivity contribution in [1.82, 2.24) is 0 Å². The molecule has 0 aromatic heterocycles. The van der Waals surface area contributed by atoms with Gasteiger partial charge in [-0.25, -0.2) is 0 Å². The number of nitro groups is 1. The minimum Gasteiger partial charge on any atom is -0.299 e. The molecular formula is C15H15NO4. The topological polar surface area (TPSA) is 77.3 Å². The van der Waals surface area contributed by atoms with E-state index in [9.17, 15) is 19.7 Å². The highest BCUT2D eigenvalue weighted by Crippen LogP contribution is 2.13. The van der Waals surface area contributed by atoms with Crippen molar-refractivity contribution in [1.29, 1.82) is 0 Å². The summed E-state index contributed by atoms with van der Waals surface area (Å²) >= 11 is 0. The Hall–Kier alpha value is -2.56. The second kappa shape index (κ2) is 7.78. The van der Waals surface area contributed by atoms with E-state index in [-0.39, 0.29) is 11.5 Å². The number of aldehydes is 1. The second-order valence-corrected chi connectivity index (χ2v) is 4.26. The average Bonchev–Trinajstić information content (AvgIpc) is 2.43. The highest BCUT2D eigenvalue weighted by atomic mass is 16.6. The Balaban J connectivity index is 2.56. The highest BCUT2D eigenvalue weighted by molar-refractivity contribution is 6.04. The summed E-state index contributed by atoms with van der Waals surface area (Å²) in [6.07, 6.45) is 6.77. The van der Waals surface area contributed by atoms with Gasteiger partial charge in [0.15, 0.2) is 5.78 Å². The minimum absolute atomic E-state index is 0.0415. The number of hydrogen-bond acceptors (Lipinski definition) is 4. The molecule has 0 saturated heterocycles. The third-order valence-corrected chi connectivity index (χ3v) is 2.69. The average molecular weight is 273 g/mol. The number of non-ortho nitro benzene ring substituents is 1. The Morgan fingerprint density at radius 1 is 1.30 bits per heavy atom. The van der Waals surface area contributed by atoms with Crippen LogP contribution in [0.25, 0.3) is 0 Å². The number of carbonyl (C=O) groups excluding carboxylic acids is 2. The maximum absolute atomic E-state index is 11.8. The van der Waals surface area contributed by atoms with Crippen molar-refractivity contribution in [3.8, 4) is 0 Å². The molecule has 20 heavy (non-hydrogen) atoms. The van der Waals surface area contributed by atoms with E-state index in [4.69, 9.17) is 0 Å². The summed E-state index contributed by atoms with van der Waals surface area (Å²) in [5.41, 5.74) is 1.32. The van der Waals surface area contributed by atoms with Gasteiger partial charge in [0.2, 0.25) is 0 Å². The first-order valence-electron chi connectivity index (χ1n) is 6.11. The number of ketones is 1. The summed E-state index contributed by atoms with van der Waals surface area (Å²) in [5.74, 6) is -0.197. The molecule has 5 heteroatoms. The number of hydrogen-bond donors (Lipinski definition) is 0. The molecule has 0 spiro atoms. The summed E-state index contributed by atoms with van der Waals surface area (Å²) in [7, 11) is 0. The summed E-state index contributed by atoms with van der Waals surface area (Å²) in [5, 5.41) is 10.5. The monoisotopic (exact) mass is 273 g/mol. The van der Waals surface area contributed by atoms with Gasteiger partial charge in [-0.1, -0.05) is 11.6 Å². The lowest BCUT2D eigenvalue weighted by Crippen LogP contribution is -1.95. The van der Waals surface area contributed by atoms with E-state index in [1.165, 1.54) is 36.4 Å². The van der Waals surface area contributed by atoms with Crippen LogP contribution in [0.2, 0.25) is 0 Å². The molecule has 5 nitrogen and oxygen atoms in total. The van der Waals surface area contributed by atoms with Crippen LogP contribution in [0.3, 0.4) is 0 Å². The van der Waals surface area contributed by atoms with Crippen molar-refractivity contribution < 1.29 is 14.5 Å². The van der Waals surface area contributed by atoms with Crippen molar-refractivity contribution in [3.63, 3.8) is 0 Å². The quantitative estimate of drug-likeness (QED) is 0.251. The molecule has 0 bridgehead atoms. The summed E-state index contributed by atoms with van der Waals surface area (Å²) < 4.78 is 0. The minimum atomic E-state index is -0.508. The van der Waals surface area contributed by atoms with Crippen LogP contribution in [-0.4, -0.2) is 17.0 Å². The van der Waals surface area contributed by atoms with Crippen LogP contribution in [-0.2, 0) is 4.79 Å². The maximum Gasteiger partial charge on any atom is 0.269 e. The van der Waals surface area contributed by atoms with E-state index < -0.39 is 4.92 Å². The molecule has 0 N–H and O–H groups in total. The van der Waals surface area contributed by atoms with E-state index in [0.29, 0.717) is 18.4 Å². The van der Waals surface area contributed by atoms with Crippen molar-refractivity contribution in [2.45, 2.75) is 19.8 Å². The van der Waals surface area contributed by atoms with Crippen LogP contribution < -0.4 is 0 Å². The summed E-state index contributed by atoms with van der Waals surface area (Å²) in [6.45, 7) is 1.85. The van der Waals surface area contributed by atoms with Crippen LogP contribution in [0, 0.1) is 10.1 Å². The van der Waals surface area contributed by atoms with Crippen LogP contribution in [0.1, 0.15) is 30.1 Å². The largest absolute Gasteiger partial charge is 0.299 e. The van der Waals surface area contributed by atoms with Gasteiger partial charge in [0.1, 0.15) is 6.29 Å². The van der Waals surface area contributed by atoms with Crippen LogP contribution in [0.5, 0.6) is 0 Å². The predicted octanol–water partition coefficient (Wildman–Crippen LogP) is 3.26. The van der Waals surface area contributed by atoms with Gasteiger partial charge in [-0.15, -0.1) is 0 Å². The lowest BCUT2D eigenvalue weighted by molar-refractivity contribution is -0.384. The van der Waals surface area contributed by atoms with Crippen LogP contribution >= 0.6 is 0 Å². The molecule has 104 valence electrons. The molecule has 1 aromatic carbocycles. The molecule has 0 heterocycles. The Kier molecular flexibility index (Phi) is 6.03. The molecule has 1 rings (SSSR count). The van der Waals surface area contributed by atoms with E-state index in [1.54, 1.807) is 6.08 Å². The Bertz CT molecular complexity index is 556. The lowest BCUT2D eigenvalue weighted by Gasteiger charge is -1.96. The van der Waals surface area contributed by atoms with Crippen molar-refractivity contribution >= 4 is 17.8 Å². The zero-order valence-corrected chi connectivity index (χ0v) is 11.1. The number of carbonyl (C=O) groups is 2. The first-order chi connectivity index (χ1) is 9.54. The Morgan fingerprint density at radius 2 is 1.95 bits per heavy atom. The molecule has 0 atom stereocenters. The summed E-state index contributed by atoms with van der Waals surface area (Å²) in [4.78, 5) is 32.0. The van der Waals surface area contributed by atoms with E-state index in [1.807, 2.05) is 6.92 Å². The van der Waals surface area contributed by atoms with Crippen molar-refractivity contribution in [2.75, 3.05) is 0 Å². The zero-order valence-electron chi connectivity index (χ0n) is 11.1. The first-order valence-corrected chi connectivity index (χ1v) is 6.11. The molecule has 0 unspecified atom stereocenters. The van der Waals surface area contributed by atoms with Gasteiger partial charge in [-0.3, -0.25) is 19.7 Å². The third-order valence-electron chi connectivity index (χ3n) is 2.69. The van der Waals surface area contributed by atoms with E-state index >= 15 is 0 Å². The van der Waals surface area contributed by atoms with E-state index in [2.05, 4.69) is 0 Å². The Morgan fingerprint density at radius 3 is 2.50 bits per heavy atom. The van der Waals surface area contributed by atoms with Crippen molar-refractivity contribution in [3.05, 3.63) is 63.7 Å². The van der Waals surface area contributed by atoms with Gasteiger partial charge in [0, 0.05) is 17.7 Å². The predicted molar refractivity (Wildman–Crippen MR) is 75.6 cm³/mol. The number of nitrogens with zero attached hydrogens (tertiary/aromatic N) is 1. The number of benzene rings is 1. The molecule has 0 aliphatic carbocycles. The number of rotatable bonds is 7. The molecule has 0 saturated carbocycles. The SMILES string of the molecule is C/C(=C\C=O)CC/C=C/C(=O)c1ccc([N+](=O)[O-])cc1. The second-order valence-electron chi connectivity index (χ2n) is 4.26. The number of allylic oxidation sites excluding steroid dienone is 4. The normalized spacial score (nSPS) is 11.6. The first kappa shape index (κ1) is 15.5. The molecule has 0 fully saturated rings. The molecule has 0 aliphatic heterocycles. The fourth-order valence-corrected chi connectivity index (χ4v) is 1.54. The summed E-state index contributed by atoms with van der Waals surface area (Å²) in [6, 6.07) is 5.47. The van der Waals surface area contributed by atoms with Crippen LogP contribution in [0.4, 0.5) is 5.69 Å². The van der Waals surface area contributed by atoms with Gasteiger partial charge in [-0.2, -0.15) is 0 Å². The van der Waals surface area contributed by atoms with Gasteiger partial charge < -0.3 is 0 Å². The van der Waals surface area contributed by atoms with Crippen LogP contribution in [0.15, 0.2) is 48.1 Å². The van der Waals surface area contributed by atoms with Gasteiger partial charge in [-0.05, 0) is 44.1 Å². The lowest BCUT2D eigenvalue weighted by atomic mass is 10.1. The molecule has 0 aliphatic rings. The highest BCUT2D eigenvalue weighted by Gasteiger charge is 2.06. The standard InChI is InChI=1S/C15H15NO4/c1-12(10-11-17)4-2-3-5-15(18)13-6-8-14(9-7-13)16(19)20/h3,5-11H,2,4H2,1H3/b5-3+,12-10+. The molecule has 1 aromatic rings. The van der Waals surface area contributed by atoms with Gasteiger partial charge >= 0.3 is 0 Å². The zero-order chi connectivity index (χ0) is 15.0. The smallest absolute Gasteiger partial charge is 0.269 e. The maximum atomic E-state index is 11.8. The van der Waals surface area contributed by atoms with E-state index in [0.717, 1.165) is 11.9 Å². The van der Waals surface area contributed by atoms with Crippen molar-refractivity contribution in [2.24, 2.45) is 0 Å². The fraction of sp³-hybridized carbons (Fsp3) is 0.200. The van der Waals surface area contributed by atoms with Gasteiger partial charge in [0.05, 0.1) is 4.92 Å². The molecular weight excluding hydrogens is 258 g/mol. The van der Waals surface area contributed by atoms with Gasteiger partial charge in [0.25, 0.3) is 5.69 Å². The number of nitro benzene ring substituents is 1. The fourth-order valence-electron chi connectivity index (χ4n) is 1.54. The third kappa shape index (κ3) is 4.97. The Labute approximate surface area is 116 Å². The molecule has 0 radical (unpaired) electrons. The molecule has 0 amide bonds.